The topological polar surface area (TPSA) is 107 Å². The van der Waals surface area contributed by atoms with Crippen molar-refractivity contribution in [1.29, 1.82) is 0 Å². The van der Waals surface area contributed by atoms with E-state index in [0.717, 1.165) is 5.57 Å². The lowest BCUT2D eigenvalue weighted by Gasteiger charge is -2.61. The van der Waals surface area contributed by atoms with Gasteiger partial charge in [-0.3, -0.25) is 19.2 Å². The number of carbonyl (C=O) groups excluding carboxylic acids is 4. The van der Waals surface area contributed by atoms with Crippen LogP contribution in [0.2, 0.25) is 0 Å². The highest BCUT2D eigenvalue weighted by Gasteiger charge is 2.73. The quantitative estimate of drug-likeness (QED) is 0.433. The van der Waals surface area contributed by atoms with E-state index in [-0.39, 0.29) is 40.7 Å². The van der Waals surface area contributed by atoms with Crippen LogP contribution in [0.4, 0.5) is 0 Å². The number of allylic oxidation sites excluding steroid dienone is 4. The molecule has 4 aliphatic carbocycles. The van der Waals surface area contributed by atoms with Gasteiger partial charge in [-0.05, 0) is 43.3 Å². The van der Waals surface area contributed by atoms with Gasteiger partial charge in [0.15, 0.2) is 18.0 Å². The zero-order chi connectivity index (χ0) is 25.2. The monoisotopic (exact) mass is 536 g/mol. The number of Topliss-reactive ketones (excluding diaryl/α,β-unsaturated/α-hetero) is 1. The molecule has 4 aliphatic rings. The summed E-state index contributed by atoms with van der Waals surface area (Å²) in [5.41, 5.74) is -1.82. The first-order valence-electron chi connectivity index (χ1n) is 11.9. The molecule has 0 heterocycles. The van der Waals surface area contributed by atoms with Gasteiger partial charge in [0.25, 0.3) is 0 Å². The molecule has 3 fully saturated rings. The van der Waals surface area contributed by atoms with Crippen molar-refractivity contribution in [3.63, 3.8) is 0 Å². The molecule has 4 rings (SSSR count). The molecular formula is C26H33BrO7. The van der Waals surface area contributed by atoms with Gasteiger partial charge in [-0.25, -0.2) is 0 Å². The van der Waals surface area contributed by atoms with Crippen LogP contribution in [0.5, 0.6) is 0 Å². The first-order chi connectivity index (χ1) is 15.8. The van der Waals surface area contributed by atoms with E-state index in [1.807, 2.05) is 19.9 Å². The molecule has 0 spiro atoms. The number of aliphatic hydroxyl groups excluding tert-OH is 1. The SMILES string of the molecule is CC(=O)OCC(=O)[C@]1(OC(C)=O)[C@H](C)C[C@H]2[C@H]3[C@H]([C@@H](O)C[C@@]21C)[C@@]1(C)C=CC(=O)C=C1C[C@H]3Br. The number of rotatable bonds is 4. The number of hydrogen-bond donors (Lipinski definition) is 1. The number of aliphatic hydroxyl groups is 1. The molecule has 7 nitrogen and oxygen atoms in total. The average Bonchev–Trinajstić information content (AvgIpc) is 2.94. The van der Waals surface area contributed by atoms with Crippen molar-refractivity contribution in [2.75, 3.05) is 6.61 Å². The van der Waals surface area contributed by atoms with Gasteiger partial charge in [-0.2, -0.15) is 0 Å². The van der Waals surface area contributed by atoms with Gasteiger partial charge in [0.1, 0.15) is 0 Å². The Labute approximate surface area is 208 Å². The van der Waals surface area contributed by atoms with E-state index in [4.69, 9.17) is 9.47 Å². The maximum absolute atomic E-state index is 13.6. The lowest BCUT2D eigenvalue weighted by Crippen LogP contribution is -2.65. The van der Waals surface area contributed by atoms with Crippen LogP contribution in [0.1, 0.15) is 53.9 Å². The first kappa shape index (κ1) is 25.3. The number of ketones is 2. The minimum atomic E-state index is -1.51. The van der Waals surface area contributed by atoms with Gasteiger partial charge >= 0.3 is 11.9 Å². The van der Waals surface area contributed by atoms with Crippen molar-refractivity contribution < 1.29 is 33.8 Å². The summed E-state index contributed by atoms with van der Waals surface area (Å²) in [4.78, 5) is 49.5. The molecule has 9 atom stereocenters. The highest BCUT2D eigenvalue weighted by Crippen LogP contribution is 2.69. The van der Waals surface area contributed by atoms with Gasteiger partial charge in [0.2, 0.25) is 5.78 Å². The average molecular weight is 537 g/mol. The fourth-order valence-electron chi connectivity index (χ4n) is 7.93. The molecule has 0 unspecified atom stereocenters. The molecule has 3 saturated carbocycles. The fourth-order valence-corrected chi connectivity index (χ4v) is 8.98. The Kier molecular flexibility index (Phi) is 6.25. The lowest BCUT2D eigenvalue weighted by atomic mass is 9.46. The maximum atomic E-state index is 13.6. The molecule has 0 aliphatic heterocycles. The van der Waals surface area contributed by atoms with Crippen LogP contribution in [0.25, 0.3) is 0 Å². The van der Waals surface area contributed by atoms with Crippen LogP contribution in [0.15, 0.2) is 23.8 Å². The number of hydrogen-bond acceptors (Lipinski definition) is 7. The molecule has 0 aromatic carbocycles. The Morgan fingerprint density at radius 2 is 1.88 bits per heavy atom. The summed E-state index contributed by atoms with van der Waals surface area (Å²) in [6.45, 7) is 7.94. The van der Waals surface area contributed by atoms with E-state index in [9.17, 15) is 24.3 Å². The summed E-state index contributed by atoms with van der Waals surface area (Å²) >= 11 is 3.87. The van der Waals surface area contributed by atoms with Crippen LogP contribution in [-0.4, -0.2) is 51.8 Å². The van der Waals surface area contributed by atoms with E-state index >= 15 is 0 Å². The number of alkyl halides is 1. The van der Waals surface area contributed by atoms with Crippen LogP contribution < -0.4 is 0 Å². The smallest absolute Gasteiger partial charge is 0.303 e. The lowest BCUT2D eigenvalue weighted by molar-refractivity contribution is -0.204. The molecular weight excluding hydrogens is 504 g/mol. The minimum Gasteiger partial charge on any atom is -0.458 e. The van der Waals surface area contributed by atoms with Crippen molar-refractivity contribution in [3.8, 4) is 0 Å². The second-order valence-corrected chi connectivity index (χ2v) is 12.2. The summed E-state index contributed by atoms with van der Waals surface area (Å²) in [5, 5.41) is 11.7. The maximum Gasteiger partial charge on any atom is 0.303 e. The van der Waals surface area contributed by atoms with Crippen molar-refractivity contribution in [3.05, 3.63) is 23.8 Å². The Morgan fingerprint density at radius 1 is 1.21 bits per heavy atom. The van der Waals surface area contributed by atoms with E-state index in [1.54, 1.807) is 12.2 Å². The summed E-state index contributed by atoms with van der Waals surface area (Å²) in [6, 6.07) is 0. The zero-order valence-corrected chi connectivity index (χ0v) is 21.9. The Bertz CT molecular complexity index is 1000. The van der Waals surface area contributed by atoms with Gasteiger partial charge < -0.3 is 14.6 Å². The molecule has 0 saturated heterocycles. The number of fused-ring (bicyclic) bond motifs is 5. The van der Waals surface area contributed by atoms with E-state index < -0.39 is 46.9 Å². The summed E-state index contributed by atoms with van der Waals surface area (Å²) < 4.78 is 11.0. The summed E-state index contributed by atoms with van der Waals surface area (Å²) in [6.07, 6.45) is 5.95. The standard InChI is InChI=1S/C26H33BrO7/c1-13-8-18-22-19(27)10-16-9-17(30)6-7-24(16,4)23(22)20(31)11-25(18,5)26(13,34-15(3)29)21(32)12-33-14(2)28/h6-7,9,13,18-20,22-23,31H,8,10-12H2,1-5H3/t13-,18+,19-,20+,22-,23+,24+,25+,26-/m1/s1. The Hall–Kier alpha value is -1.80. The van der Waals surface area contributed by atoms with E-state index in [1.165, 1.54) is 13.8 Å². The largest absolute Gasteiger partial charge is 0.458 e. The Morgan fingerprint density at radius 3 is 2.50 bits per heavy atom. The predicted octanol–water partition coefficient (Wildman–Crippen LogP) is 3.32. The van der Waals surface area contributed by atoms with Gasteiger partial charge in [-0.15, -0.1) is 0 Å². The van der Waals surface area contributed by atoms with Crippen molar-refractivity contribution in [1.82, 2.24) is 0 Å². The molecule has 8 heteroatoms. The first-order valence-corrected chi connectivity index (χ1v) is 12.8. The number of carbonyl (C=O) groups is 4. The minimum absolute atomic E-state index is 0.0145. The van der Waals surface area contributed by atoms with Crippen molar-refractivity contribution in [2.45, 2.75) is 70.4 Å². The molecule has 186 valence electrons. The summed E-state index contributed by atoms with van der Waals surface area (Å²) in [7, 11) is 0. The van der Waals surface area contributed by atoms with Gasteiger partial charge in [-0.1, -0.05) is 48.4 Å². The third-order valence-electron chi connectivity index (χ3n) is 9.15. The fraction of sp³-hybridized carbons (Fsp3) is 0.692. The molecule has 0 bridgehead atoms. The number of halogens is 1. The van der Waals surface area contributed by atoms with E-state index in [0.29, 0.717) is 12.8 Å². The summed E-state index contributed by atoms with van der Waals surface area (Å²) in [5.74, 6) is -2.19. The number of ether oxygens (including phenoxy) is 2. The molecule has 0 aromatic rings. The third kappa shape index (κ3) is 3.47. The van der Waals surface area contributed by atoms with Gasteiger partial charge in [0, 0.05) is 41.3 Å². The molecule has 0 radical (unpaired) electrons. The molecule has 0 amide bonds. The molecule has 34 heavy (non-hydrogen) atoms. The van der Waals surface area contributed by atoms with Crippen LogP contribution in [-0.2, 0) is 28.7 Å². The van der Waals surface area contributed by atoms with Crippen LogP contribution in [0.3, 0.4) is 0 Å². The molecule has 1 N–H and O–H groups in total. The second kappa shape index (κ2) is 8.40. The van der Waals surface area contributed by atoms with Gasteiger partial charge in [0.05, 0.1) is 6.10 Å². The van der Waals surface area contributed by atoms with Crippen LogP contribution >= 0.6 is 15.9 Å². The third-order valence-corrected chi connectivity index (χ3v) is 10.1. The molecule has 0 aromatic heterocycles. The normalized spacial score (nSPS) is 44.9. The predicted molar refractivity (Wildman–Crippen MR) is 127 cm³/mol. The van der Waals surface area contributed by atoms with Crippen molar-refractivity contribution >= 4 is 39.4 Å². The van der Waals surface area contributed by atoms with Crippen LogP contribution in [0, 0.1) is 34.5 Å². The number of esters is 2. The van der Waals surface area contributed by atoms with Crippen molar-refractivity contribution in [2.24, 2.45) is 34.5 Å². The second-order valence-electron chi connectivity index (χ2n) is 11.0. The van der Waals surface area contributed by atoms with E-state index in [2.05, 4.69) is 22.9 Å². The highest BCUT2D eigenvalue weighted by molar-refractivity contribution is 9.09. The zero-order valence-electron chi connectivity index (χ0n) is 20.3. The Balaban J connectivity index is 1.81. The highest BCUT2D eigenvalue weighted by atomic mass is 79.9.